The molecule has 1 saturated carbocycles. The summed E-state index contributed by atoms with van der Waals surface area (Å²) >= 11 is 0. The third kappa shape index (κ3) is 3.85. The fraction of sp³-hybridized carbons (Fsp3) is 0.900. The summed E-state index contributed by atoms with van der Waals surface area (Å²) in [5.41, 5.74) is 5.75. The number of hydrogen-bond donors (Lipinski definition) is 0. The average molecular weight is 306 g/mol. The molecule has 1 heteroatoms. The van der Waals surface area contributed by atoms with Crippen LogP contribution >= 0.6 is 7.92 Å². The predicted molar refractivity (Wildman–Crippen MR) is 97.0 cm³/mol. The van der Waals surface area contributed by atoms with Gasteiger partial charge in [-0.3, -0.25) is 0 Å². The standard InChI is InChI=1S/C20H35P/c1-5-17-18(6-2)20(8-4)21(19(17)7-3)15-14-16-12-10-9-11-13-16/h16-20H,5-13H2,1-4H3. The summed E-state index contributed by atoms with van der Waals surface area (Å²) in [7, 11) is -0.0484. The van der Waals surface area contributed by atoms with Crippen LogP contribution in [0.4, 0.5) is 0 Å². The molecule has 1 aliphatic carbocycles. The zero-order chi connectivity index (χ0) is 15.2. The quantitative estimate of drug-likeness (QED) is 0.404. The van der Waals surface area contributed by atoms with Crippen molar-refractivity contribution in [1.82, 2.24) is 0 Å². The van der Waals surface area contributed by atoms with Gasteiger partial charge in [0, 0.05) is 5.92 Å². The Bertz CT molecular complexity index is 340. The summed E-state index contributed by atoms with van der Waals surface area (Å²) < 4.78 is 0. The van der Waals surface area contributed by atoms with Gasteiger partial charge in [-0.1, -0.05) is 71.4 Å². The van der Waals surface area contributed by atoms with Crippen LogP contribution in [0, 0.1) is 29.3 Å². The molecule has 1 heterocycles. The molecule has 120 valence electrons. The van der Waals surface area contributed by atoms with Crippen molar-refractivity contribution in [3.05, 3.63) is 0 Å². The van der Waals surface area contributed by atoms with Crippen molar-refractivity contribution < 1.29 is 0 Å². The Morgan fingerprint density at radius 1 is 0.762 bits per heavy atom. The maximum atomic E-state index is 3.90. The minimum Gasteiger partial charge on any atom is -0.0953 e. The summed E-state index contributed by atoms with van der Waals surface area (Å²) in [6.07, 6.45) is 12.5. The van der Waals surface area contributed by atoms with E-state index in [1.165, 1.54) is 57.8 Å². The van der Waals surface area contributed by atoms with Gasteiger partial charge in [-0.2, -0.15) is 0 Å². The number of rotatable bonds is 4. The van der Waals surface area contributed by atoms with Crippen molar-refractivity contribution in [3.63, 3.8) is 0 Å². The monoisotopic (exact) mass is 306 g/mol. The fourth-order valence-corrected chi connectivity index (χ4v) is 8.59. The van der Waals surface area contributed by atoms with Crippen molar-refractivity contribution >= 4 is 7.92 Å². The van der Waals surface area contributed by atoms with E-state index in [9.17, 15) is 0 Å². The van der Waals surface area contributed by atoms with Crippen molar-refractivity contribution in [2.75, 3.05) is 0 Å². The molecule has 0 amide bonds. The lowest BCUT2D eigenvalue weighted by atomic mass is 9.82. The highest BCUT2D eigenvalue weighted by Gasteiger charge is 2.46. The molecule has 1 aliphatic heterocycles. The lowest BCUT2D eigenvalue weighted by Gasteiger charge is -2.22. The van der Waals surface area contributed by atoms with E-state index in [0.29, 0.717) is 0 Å². The van der Waals surface area contributed by atoms with Gasteiger partial charge in [-0.15, -0.1) is 0 Å². The van der Waals surface area contributed by atoms with Gasteiger partial charge in [-0.25, -0.2) is 0 Å². The molecular weight excluding hydrogens is 271 g/mol. The van der Waals surface area contributed by atoms with Gasteiger partial charge in [0.25, 0.3) is 0 Å². The molecule has 0 spiro atoms. The largest absolute Gasteiger partial charge is 0.0953 e. The molecule has 0 nitrogen and oxygen atoms in total. The van der Waals surface area contributed by atoms with E-state index in [2.05, 4.69) is 39.3 Å². The molecule has 4 atom stereocenters. The van der Waals surface area contributed by atoms with Crippen LogP contribution in [0.2, 0.25) is 0 Å². The molecular formula is C20H35P. The zero-order valence-corrected chi connectivity index (χ0v) is 15.6. The van der Waals surface area contributed by atoms with Crippen LogP contribution in [-0.2, 0) is 0 Å². The summed E-state index contributed by atoms with van der Waals surface area (Å²) in [4.78, 5) is 0. The van der Waals surface area contributed by atoms with Crippen LogP contribution in [-0.4, -0.2) is 11.3 Å². The molecule has 4 unspecified atom stereocenters. The smallest absolute Gasteiger partial charge is 0.0206 e. The van der Waals surface area contributed by atoms with Crippen LogP contribution in [0.5, 0.6) is 0 Å². The first-order valence-corrected chi connectivity index (χ1v) is 11.0. The van der Waals surface area contributed by atoms with Crippen LogP contribution < -0.4 is 0 Å². The second-order valence-corrected chi connectivity index (χ2v) is 9.46. The minimum atomic E-state index is -0.0484. The van der Waals surface area contributed by atoms with Crippen molar-refractivity contribution in [2.45, 2.75) is 96.8 Å². The van der Waals surface area contributed by atoms with E-state index < -0.39 is 0 Å². The Balaban J connectivity index is 2.15. The van der Waals surface area contributed by atoms with Crippen molar-refractivity contribution in [2.24, 2.45) is 17.8 Å². The normalized spacial score (nSPS) is 37.2. The first-order valence-electron chi connectivity index (χ1n) is 9.56. The Labute approximate surface area is 134 Å². The third-order valence-corrected chi connectivity index (χ3v) is 9.35. The first-order chi connectivity index (χ1) is 10.3. The van der Waals surface area contributed by atoms with Gasteiger partial charge in [0.2, 0.25) is 0 Å². The maximum Gasteiger partial charge on any atom is 0.0206 e. The van der Waals surface area contributed by atoms with Gasteiger partial charge in [-0.05, 0) is 56.8 Å². The Kier molecular flexibility index (Phi) is 7.08. The predicted octanol–water partition coefficient (Wildman–Crippen LogP) is 6.63. The highest BCUT2D eigenvalue weighted by atomic mass is 31.1. The fourth-order valence-electron chi connectivity index (χ4n) is 4.96. The molecule has 0 N–H and O–H groups in total. The van der Waals surface area contributed by atoms with E-state index >= 15 is 0 Å². The molecule has 2 aliphatic rings. The molecule has 0 bridgehead atoms. The molecule has 0 aromatic rings. The molecule has 0 aromatic heterocycles. The lowest BCUT2D eigenvalue weighted by molar-refractivity contribution is 0.314. The Morgan fingerprint density at radius 2 is 1.29 bits per heavy atom. The molecule has 2 fully saturated rings. The van der Waals surface area contributed by atoms with Crippen LogP contribution in [0.25, 0.3) is 0 Å². The van der Waals surface area contributed by atoms with Gasteiger partial charge in [0.1, 0.15) is 0 Å². The van der Waals surface area contributed by atoms with E-state index in [1.54, 1.807) is 0 Å². The highest BCUT2D eigenvalue weighted by Crippen LogP contribution is 2.63. The molecule has 0 aromatic carbocycles. The van der Waals surface area contributed by atoms with E-state index in [0.717, 1.165) is 29.1 Å². The second kappa shape index (κ2) is 8.58. The minimum absolute atomic E-state index is 0.0484. The second-order valence-electron chi connectivity index (χ2n) is 7.09. The Morgan fingerprint density at radius 3 is 1.71 bits per heavy atom. The molecule has 21 heavy (non-hydrogen) atoms. The molecule has 0 radical (unpaired) electrons. The van der Waals surface area contributed by atoms with Gasteiger partial charge in [0.05, 0.1) is 0 Å². The topological polar surface area (TPSA) is 0 Å². The summed E-state index contributed by atoms with van der Waals surface area (Å²) in [6, 6.07) is 0. The van der Waals surface area contributed by atoms with Crippen LogP contribution in [0.15, 0.2) is 0 Å². The lowest BCUT2D eigenvalue weighted by Crippen LogP contribution is -2.20. The highest BCUT2D eigenvalue weighted by molar-refractivity contribution is 7.64. The van der Waals surface area contributed by atoms with Crippen molar-refractivity contribution in [3.8, 4) is 11.6 Å². The van der Waals surface area contributed by atoms with E-state index in [-0.39, 0.29) is 7.92 Å². The SMILES string of the molecule is CCC1C(CC)C(CC)P(C#CC2CCCCC2)C1CC. The Hall–Kier alpha value is -0.0100. The molecule has 2 rings (SSSR count). The number of hydrogen-bond acceptors (Lipinski definition) is 0. The van der Waals surface area contributed by atoms with Crippen molar-refractivity contribution in [1.29, 1.82) is 0 Å². The summed E-state index contributed by atoms with van der Waals surface area (Å²) in [6.45, 7) is 9.65. The van der Waals surface area contributed by atoms with Gasteiger partial charge in [0.15, 0.2) is 0 Å². The van der Waals surface area contributed by atoms with Crippen LogP contribution in [0.1, 0.15) is 85.5 Å². The van der Waals surface area contributed by atoms with E-state index in [1.807, 2.05) is 0 Å². The van der Waals surface area contributed by atoms with Crippen LogP contribution in [0.3, 0.4) is 0 Å². The first kappa shape index (κ1) is 17.3. The third-order valence-electron chi connectivity index (χ3n) is 6.04. The van der Waals surface area contributed by atoms with Gasteiger partial charge >= 0.3 is 0 Å². The zero-order valence-electron chi connectivity index (χ0n) is 14.7. The summed E-state index contributed by atoms with van der Waals surface area (Å²) in [5.74, 6) is 6.40. The maximum absolute atomic E-state index is 3.90. The summed E-state index contributed by atoms with van der Waals surface area (Å²) in [5, 5.41) is 0. The molecule has 1 saturated heterocycles. The van der Waals surface area contributed by atoms with Gasteiger partial charge < -0.3 is 0 Å². The van der Waals surface area contributed by atoms with E-state index in [4.69, 9.17) is 0 Å². The average Bonchev–Trinajstić information content (AvgIpc) is 2.85.